The molecule has 0 amide bonds. The molecular weight excluding hydrogens is 200 g/mol. The van der Waals surface area contributed by atoms with Gasteiger partial charge in [0.1, 0.15) is 0 Å². The average Bonchev–Trinajstić information content (AvgIpc) is 2.52. The molecule has 0 atom stereocenters. The van der Waals surface area contributed by atoms with Crippen molar-refractivity contribution in [1.82, 2.24) is 9.78 Å². The minimum Gasteiger partial charge on any atom is -0.394 e. The summed E-state index contributed by atoms with van der Waals surface area (Å²) in [5.41, 5.74) is 7.88. The molecule has 1 heterocycles. The van der Waals surface area contributed by atoms with E-state index in [-0.39, 0.29) is 0 Å². The molecule has 0 aliphatic rings. The quantitative estimate of drug-likeness (QED) is 0.835. The van der Waals surface area contributed by atoms with Gasteiger partial charge >= 0.3 is 0 Å². The highest BCUT2D eigenvalue weighted by atomic mass is 15.4. The summed E-state index contributed by atoms with van der Waals surface area (Å²) in [5.74, 6) is 1.08. The molecule has 0 saturated carbocycles. The molecule has 0 radical (unpaired) electrons. The summed E-state index contributed by atoms with van der Waals surface area (Å²) in [6.45, 7) is 12.5. The number of aromatic nitrogens is 2. The lowest BCUT2D eigenvalue weighted by Gasteiger charge is -2.29. The van der Waals surface area contributed by atoms with E-state index in [0.29, 0.717) is 6.04 Å². The van der Waals surface area contributed by atoms with Gasteiger partial charge in [-0.05, 0) is 34.1 Å². The Labute approximate surface area is 98.4 Å². The van der Waals surface area contributed by atoms with E-state index < -0.39 is 0 Å². The fourth-order valence-corrected chi connectivity index (χ4v) is 1.96. The third kappa shape index (κ3) is 2.31. The molecule has 0 spiro atoms. The number of hydrogen-bond acceptors (Lipinski definition) is 3. The van der Waals surface area contributed by atoms with Crippen molar-refractivity contribution in [3.63, 3.8) is 0 Å². The largest absolute Gasteiger partial charge is 0.394 e. The Hall–Kier alpha value is -1.19. The first-order valence-electron chi connectivity index (χ1n) is 6.12. The first kappa shape index (κ1) is 12.9. The molecular formula is C12H24N4. The van der Waals surface area contributed by atoms with Crippen molar-refractivity contribution in [2.24, 2.45) is 0 Å². The van der Waals surface area contributed by atoms with Crippen LogP contribution >= 0.6 is 0 Å². The van der Waals surface area contributed by atoms with E-state index in [0.717, 1.165) is 36.7 Å². The molecule has 0 saturated heterocycles. The minimum absolute atomic E-state index is 0.448. The maximum Gasteiger partial charge on any atom is 0.150 e. The van der Waals surface area contributed by atoms with Crippen molar-refractivity contribution in [1.29, 1.82) is 0 Å². The number of aryl methyl sites for hydroxylation is 2. The van der Waals surface area contributed by atoms with Gasteiger partial charge in [0.25, 0.3) is 0 Å². The van der Waals surface area contributed by atoms with Gasteiger partial charge in [0.05, 0.1) is 11.4 Å². The van der Waals surface area contributed by atoms with Crippen LogP contribution < -0.4 is 10.6 Å². The second-order valence-corrected chi connectivity index (χ2v) is 4.43. The van der Waals surface area contributed by atoms with Crippen molar-refractivity contribution in [3.05, 3.63) is 5.69 Å². The molecule has 16 heavy (non-hydrogen) atoms. The summed E-state index contributed by atoms with van der Waals surface area (Å²) in [6, 6.07) is 0.448. The third-order valence-electron chi connectivity index (χ3n) is 2.81. The Bertz CT molecular complexity index is 341. The average molecular weight is 224 g/mol. The van der Waals surface area contributed by atoms with Gasteiger partial charge in [-0.2, -0.15) is 5.10 Å². The first-order valence-corrected chi connectivity index (χ1v) is 6.12. The van der Waals surface area contributed by atoms with Crippen LogP contribution in [0.1, 0.15) is 39.8 Å². The zero-order chi connectivity index (χ0) is 12.3. The van der Waals surface area contributed by atoms with Crippen LogP contribution in [0.5, 0.6) is 0 Å². The number of nitrogens with two attached hydrogens (primary N) is 1. The van der Waals surface area contributed by atoms with Crippen molar-refractivity contribution < 1.29 is 0 Å². The molecule has 0 fully saturated rings. The van der Waals surface area contributed by atoms with Crippen LogP contribution in [0.4, 0.5) is 11.5 Å². The lowest BCUT2D eigenvalue weighted by Crippen LogP contribution is -2.34. The van der Waals surface area contributed by atoms with Gasteiger partial charge in [-0.15, -0.1) is 0 Å². The Morgan fingerprint density at radius 2 is 2.00 bits per heavy atom. The number of anilines is 2. The van der Waals surface area contributed by atoms with Gasteiger partial charge in [-0.1, -0.05) is 6.92 Å². The number of nitrogen functional groups attached to an aromatic ring is 1. The van der Waals surface area contributed by atoms with Crippen molar-refractivity contribution in [3.8, 4) is 0 Å². The van der Waals surface area contributed by atoms with Crippen LogP contribution in [-0.2, 0) is 6.54 Å². The van der Waals surface area contributed by atoms with Gasteiger partial charge in [0.2, 0.25) is 0 Å². The van der Waals surface area contributed by atoms with Crippen LogP contribution in [-0.4, -0.2) is 22.4 Å². The highest BCUT2D eigenvalue weighted by molar-refractivity contribution is 5.66. The summed E-state index contributed by atoms with van der Waals surface area (Å²) in [6.07, 6.45) is 1.12. The van der Waals surface area contributed by atoms with Crippen LogP contribution in [0.3, 0.4) is 0 Å². The van der Waals surface area contributed by atoms with E-state index in [4.69, 9.17) is 5.73 Å². The predicted octanol–water partition coefficient (Wildman–Crippen LogP) is 2.42. The number of hydrogen-bond donors (Lipinski definition) is 1. The molecule has 0 unspecified atom stereocenters. The van der Waals surface area contributed by atoms with E-state index in [1.54, 1.807) is 0 Å². The molecule has 2 N–H and O–H groups in total. The second-order valence-electron chi connectivity index (χ2n) is 4.43. The van der Waals surface area contributed by atoms with E-state index >= 15 is 0 Å². The fourth-order valence-electron chi connectivity index (χ4n) is 1.96. The van der Waals surface area contributed by atoms with Gasteiger partial charge in [-0.3, -0.25) is 0 Å². The third-order valence-corrected chi connectivity index (χ3v) is 2.81. The molecule has 92 valence electrons. The first-order chi connectivity index (χ1) is 7.52. The zero-order valence-electron chi connectivity index (χ0n) is 11.1. The predicted molar refractivity (Wildman–Crippen MR) is 69.8 cm³/mol. The SMILES string of the molecule is CCCN(c1c(N)c(C)nn1CC)C(C)C. The maximum atomic E-state index is 6.12. The normalized spacial score (nSPS) is 11.1. The zero-order valence-corrected chi connectivity index (χ0v) is 11.1. The highest BCUT2D eigenvalue weighted by Gasteiger charge is 2.19. The summed E-state index contributed by atoms with van der Waals surface area (Å²) >= 11 is 0. The van der Waals surface area contributed by atoms with Crippen LogP contribution in [0.25, 0.3) is 0 Å². The Balaban J connectivity index is 3.16. The molecule has 0 bridgehead atoms. The van der Waals surface area contributed by atoms with Crippen LogP contribution in [0.2, 0.25) is 0 Å². The minimum atomic E-state index is 0.448. The number of nitrogens with zero attached hydrogens (tertiary/aromatic N) is 3. The van der Waals surface area contributed by atoms with Gasteiger partial charge in [0, 0.05) is 19.1 Å². The molecule has 1 rings (SSSR count). The Morgan fingerprint density at radius 3 is 2.44 bits per heavy atom. The van der Waals surface area contributed by atoms with Crippen molar-refractivity contribution in [2.75, 3.05) is 17.2 Å². The summed E-state index contributed by atoms with van der Waals surface area (Å²) in [7, 11) is 0. The van der Waals surface area contributed by atoms with E-state index in [9.17, 15) is 0 Å². The van der Waals surface area contributed by atoms with E-state index in [2.05, 4.69) is 37.7 Å². The molecule has 0 aromatic carbocycles. The monoisotopic (exact) mass is 224 g/mol. The van der Waals surface area contributed by atoms with E-state index in [1.165, 1.54) is 0 Å². The number of rotatable bonds is 5. The van der Waals surface area contributed by atoms with Crippen molar-refractivity contribution >= 4 is 11.5 Å². The molecule has 0 aliphatic heterocycles. The van der Waals surface area contributed by atoms with Gasteiger partial charge < -0.3 is 10.6 Å². The lowest BCUT2D eigenvalue weighted by atomic mass is 10.2. The van der Waals surface area contributed by atoms with Crippen molar-refractivity contribution in [2.45, 2.75) is 53.6 Å². The van der Waals surface area contributed by atoms with Crippen LogP contribution in [0, 0.1) is 6.92 Å². The maximum absolute atomic E-state index is 6.12. The molecule has 1 aromatic rings. The molecule has 4 heteroatoms. The Morgan fingerprint density at radius 1 is 1.38 bits per heavy atom. The molecule has 0 aliphatic carbocycles. The molecule has 4 nitrogen and oxygen atoms in total. The fraction of sp³-hybridized carbons (Fsp3) is 0.750. The smallest absolute Gasteiger partial charge is 0.150 e. The Kier molecular flexibility index (Phi) is 4.21. The molecule has 1 aromatic heterocycles. The summed E-state index contributed by atoms with van der Waals surface area (Å²) in [5, 5.41) is 4.46. The van der Waals surface area contributed by atoms with Gasteiger partial charge in [-0.25, -0.2) is 4.68 Å². The lowest BCUT2D eigenvalue weighted by molar-refractivity contribution is 0.595. The van der Waals surface area contributed by atoms with E-state index in [1.807, 2.05) is 11.6 Å². The topological polar surface area (TPSA) is 47.1 Å². The van der Waals surface area contributed by atoms with Gasteiger partial charge in [0.15, 0.2) is 5.82 Å². The second kappa shape index (κ2) is 5.23. The van der Waals surface area contributed by atoms with Crippen LogP contribution in [0.15, 0.2) is 0 Å². The summed E-state index contributed by atoms with van der Waals surface area (Å²) in [4.78, 5) is 2.33. The summed E-state index contributed by atoms with van der Waals surface area (Å²) < 4.78 is 2.00. The highest BCUT2D eigenvalue weighted by Crippen LogP contribution is 2.28. The standard InChI is InChI=1S/C12H24N4/c1-6-8-15(9(3)4)12-11(13)10(5)14-16(12)7-2/h9H,6-8,13H2,1-5H3.